The average Bonchev–Trinajstić information content (AvgIpc) is 3.01. The molecule has 5 amide bonds. The fraction of sp³-hybridized carbons (Fsp3) is 0.219. The van der Waals surface area contributed by atoms with Gasteiger partial charge in [0.2, 0.25) is 18.2 Å². The lowest BCUT2D eigenvalue weighted by Gasteiger charge is -2.28. The van der Waals surface area contributed by atoms with E-state index >= 15 is 0 Å². The van der Waals surface area contributed by atoms with E-state index in [1.165, 1.54) is 24.3 Å². The Balaban J connectivity index is 1.61. The first kappa shape index (κ1) is 35.2. The van der Waals surface area contributed by atoms with Gasteiger partial charge in [-0.15, -0.1) is 0 Å². The Labute approximate surface area is 268 Å². The van der Waals surface area contributed by atoms with Crippen molar-refractivity contribution in [1.29, 1.82) is 0 Å². The molecule has 15 heteroatoms. The first-order chi connectivity index (χ1) is 22.4. The van der Waals surface area contributed by atoms with Crippen molar-refractivity contribution in [1.82, 2.24) is 4.90 Å². The van der Waals surface area contributed by atoms with Crippen molar-refractivity contribution in [2.45, 2.75) is 32.2 Å². The Morgan fingerprint density at radius 1 is 0.787 bits per heavy atom. The number of urea groups is 1. The first-order valence-corrected chi connectivity index (χ1v) is 14.2. The number of aliphatic carboxylic acids is 3. The lowest BCUT2D eigenvalue weighted by Crippen LogP contribution is -2.48. The summed E-state index contributed by atoms with van der Waals surface area (Å²) in [5.41, 5.74) is 3.33. The number of carbonyl (C=O) groups excluding carboxylic acids is 4. The number of para-hydroxylation sites is 1. The number of amides is 5. The molecule has 0 aliphatic rings. The van der Waals surface area contributed by atoms with Crippen LogP contribution in [-0.2, 0) is 35.2 Å². The van der Waals surface area contributed by atoms with Crippen LogP contribution in [0.15, 0.2) is 72.8 Å². The molecule has 246 valence electrons. The molecule has 0 radical (unpaired) electrons. The van der Waals surface area contributed by atoms with Crippen LogP contribution in [0.2, 0.25) is 0 Å². The lowest BCUT2D eigenvalue weighted by atomic mass is 10.1. The molecule has 0 saturated heterocycles. The van der Waals surface area contributed by atoms with Crippen molar-refractivity contribution in [2.24, 2.45) is 0 Å². The van der Waals surface area contributed by atoms with Gasteiger partial charge in [0.05, 0.1) is 19.3 Å². The van der Waals surface area contributed by atoms with Crippen LogP contribution in [0.25, 0.3) is 0 Å². The van der Waals surface area contributed by atoms with Crippen molar-refractivity contribution in [2.75, 3.05) is 33.9 Å². The summed E-state index contributed by atoms with van der Waals surface area (Å²) in [5.74, 6) is -5.56. The summed E-state index contributed by atoms with van der Waals surface area (Å²) in [4.78, 5) is 85.0. The lowest BCUT2D eigenvalue weighted by molar-refractivity contribution is -0.152. The molecule has 0 bridgehead atoms. The summed E-state index contributed by atoms with van der Waals surface area (Å²) in [7, 11) is 0. The third-order valence-electron chi connectivity index (χ3n) is 6.79. The monoisotopic (exact) mass is 647 g/mol. The molecule has 6 N–H and O–H groups in total. The number of hydrogen-bond donors (Lipinski definition) is 6. The number of carbonyl (C=O) groups is 7. The number of carboxylic acid groups (broad SMARTS) is 3. The predicted molar refractivity (Wildman–Crippen MR) is 170 cm³/mol. The van der Waals surface area contributed by atoms with Crippen molar-refractivity contribution in [3.63, 3.8) is 0 Å². The van der Waals surface area contributed by atoms with Crippen LogP contribution in [0, 0.1) is 6.92 Å². The summed E-state index contributed by atoms with van der Waals surface area (Å²) in [6, 6.07) is 17.6. The molecule has 0 saturated carbocycles. The number of carboxylic acids is 3. The minimum absolute atomic E-state index is 0.00325. The average molecular weight is 648 g/mol. The Kier molecular flexibility index (Phi) is 12.5. The molecule has 0 aromatic heterocycles. The number of nitrogens with one attached hydrogen (secondary N) is 3. The standard InChI is InChI=1S/C32H33N5O10/c1-20-4-2-3-5-25(20)35-32(47)34-23-8-6-21(7-9-23)16-27(39)33-22-10-12-24(13-11-22)37(15-14-29(41)42)28(40)18-36(19-38)26(31(45)46)17-30(43)44/h2-13,19,26H,14-18H2,1H3,(H,33,39)(H,41,42)(H,43,44)(H,45,46)(H2,34,35,47). The van der Waals surface area contributed by atoms with E-state index in [-0.39, 0.29) is 31.0 Å². The molecule has 1 atom stereocenters. The summed E-state index contributed by atoms with van der Waals surface area (Å²) in [6.45, 7) is 0.722. The van der Waals surface area contributed by atoms with Crippen LogP contribution < -0.4 is 20.9 Å². The number of anilines is 4. The number of aryl methyl sites for hydroxylation is 1. The highest BCUT2D eigenvalue weighted by Crippen LogP contribution is 2.20. The minimum Gasteiger partial charge on any atom is -0.481 e. The summed E-state index contributed by atoms with van der Waals surface area (Å²) in [6.07, 6.45) is -1.38. The quantitative estimate of drug-likeness (QED) is 0.125. The molecule has 0 aliphatic heterocycles. The summed E-state index contributed by atoms with van der Waals surface area (Å²) >= 11 is 0. The van der Waals surface area contributed by atoms with Gasteiger partial charge in [0.25, 0.3) is 0 Å². The number of nitrogens with zero attached hydrogens (tertiary/aromatic N) is 2. The molecule has 0 heterocycles. The fourth-order valence-corrected chi connectivity index (χ4v) is 4.40. The van der Waals surface area contributed by atoms with Gasteiger partial charge in [-0.25, -0.2) is 9.59 Å². The van der Waals surface area contributed by atoms with Crippen molar-refractivity contribution >= 4 is 64.9 Å². The molecule has 1 unspecified atom stereocenters. The van der Waals surface area contributed by atoms with Gasteiger partial charge in [-0.05, 0) is 60.5 Å². The van der Waals surface area contributed by atoms with Crippen LogP contribution in [0.4, 0.5) is 27.5 Å². The molecule has 0 fully saturated rings. The van der Waals surface area contributed by atoms with Crippen molar-refractivity contribution < 1.29 is 48.9 Å². The highest BCUT2D eigenvalue weighted by atomic mass is 16.4. The first-order valence-electron chi connectivity index (χ1n) is 14.2. The van der Waals surface area contributed by atoms with Gasteiger partial charge in [-0.1, -0.05) is 30.3 Å². The molecule has 47 heavy (non-hydrogen) atoms. The maximum absolute atomic E-state index is 13.1. The van der Waals surface area contributed by atoms with Gasteiger partial charge in [-0.2, -0.15) is 0 Å². The van der Waals surface area contributed by atoms with E-state index in [9.17, 15) is 38.7 Å². The van der Waals surface area contributed by atoms with Crippen LogP contribution in [0.5, 0.6) is 0 Å². The van der Waals surface area contributed by atoms with E-state index < -0.39 is 55.3 Å². The summed E-state index contributed by atoms with van der Waals surface area (Å²) < 4.78 is 0. The molecule has 3 rings (SSSR count). The van der Waals surface area contributed by atoms with Gasteiger partial charge in [0.1, 0.15) is 12.6 Å². The Morgan fingerprint density at radius 2 is 1.40 bits per heavy atom. The van der Waals surface area contributed by atoms with Crippen LogP contribution in [-0.4, -0.2) is 81.5 Å². The van der Waals surface area contributed by atoms with Crippen LogP contribution in [0.1, 0.15) is 24.0 Å². The summed E-state index contributed by atoms with van der Waals surface area (Å²) in [5, 5.41) is 35.7. The van der Waals surface area contributed by atoms with Crippen LogP contribution >= 0.6 is 0 Å². The van der Waals surface area contributed by atoms with E-state index in [0.717, 1.165) is 10.5 Å². The van der Waals surface area contributed by atoms with Gasteiger partial charge >= 0.3 is 23.9 Å². The zero-order valence-corrected chi connectivity index (χ0v) is 25.2. The molecule has 3 aromatic carbocycles. The third kappa shape index (κ3) is 11.0. The molecule has 0 spiro atoms. The van der Waals surface area contributed by atoms with E-state index in [4.69, 9.17) is 10.2 Å². The second kappa shape index (κ2) is 16.7. The topological polar surface area (TPSA) is 223 Å². The molecular formula is C32H33N5O10. The van der Waals surface area contributed by atoms with Crippen molar-refractivity contribution in [3.05, 3.63) is 83.9 Å². The second-order valence-corrected chi connectivity index (χ2v) is 10.3. The highest BCUT2D eigenvalue weighted by Gasteiger charge is 2.30. The molecule has 3 aromatic rings. The van der Waals surface area contributed by atoms with Gasteiger partial charge in [0.15, 0.2) is 0 Å². The molecule has 0 aliphatic carbocycles. The Morgan fingerprint density at radius 3 is 1.98 bits per heavy atom. The fourth-order valence-electron chi connectivity index (χ4n) is 4.40. The minimum atomic E-state index is -1.82. The maximum atomic E-state index is 13.1. The van der Waals surface area contributed by atoms with E-state index in [1.807, 2.05) is 25.1 Å². The van der Waals surface area contributed by atoms with Gasteiger partial charge in [-0.3, -0.25) is 24.0 Å². The van der Waals surface area contributed by atoms with Gasteiger partial charge < -0.3 is 41.1 Å². The van der Waals surface area contributed by atoms with Crippen molar-refractivity contribution in [3.8, 4) is 0 Å². The molecule has 15 nitrogen and oxygen atoms in total. The third-order valence-corrected chi connectivity index (χ3v) is 6.79. The second-order valence-electron chi connectivity index (χ2n) is 10.3. The Hall–Kier alpha value is -6.25. The zero-order valence-electron chi connectivity index (χ0n) is 25.2. The SMILES string of the molecule is Cc1ccccc1NC(=O)Nc1ccc(CC(=O)Nc2ccc(N(CCC(=O)O)C(=O)CN(C=O)C(CC(=O)O)C(=O)O)cc2)cc1. The molecular weight excluding hydrogens is 614 g/mol. The predicted octanol–water partition coefficient (Wildman–Crippen LogP) is 3.01. The normalized spacial score (nSPS) is 11.0. The largest absolute Gasteiger partial charge is 0.481 e. The number of benzene rings is 3. The number of hydrogen-bond acceptors (Lipinski definition) is 7. The number of rotatable bonds is 16. The van der Waals surface area contributed by atoms with Crippen LogP contribution in [0.3, 0.4) is 0 Å². The Bertz CT molecular complexity index is 1630. The van der Waals surface area contributed by atoms with E-state index in [1.54, 1.807) is 30.3 Å². The van der Waals surface area contributed by atoms with E-state index in [2.05, 4.69) is 16.0 Å². The smallest absolute Gasteiger partial charge is 0.327 e. The van der Waals surface area contributed by atoms with Gasteiger partial charge in [0, 0.05) is 29.3 Å². The van der Waals surface area contributed by atoms with E-state index in [0.29, 0.717) is 27.5 Å². The highest BCUT2D eigenvalue weighted by molar-refractivity contribution is 6.00. The zero-order chi connectivity index (χ0) is 34.5. The maximum Gasteiger partial charge on any atom is 0.327 e.